The van der Waals surface area contributed by atoms with Gasteiger partial charge in [0.15, 0.2) is 0 Å². The van der Waals surface area contributed by atoms with Gasteiger partial charge in [-0.2, -0.15) is 8.42 Å². The van der Waals surface area contributed by atoms with Crippen molar-refractivity contribution in [1.82, 2.24) is 9.97 Å². The Kier molecular flexibility index (Phi) is 5.35. The topological polar surface area (TPSA) is 140 Å². The number of hydrogen-bond acceptors (Lipinski definition) is 7. The van der Waals surface area contributed by atoms with Crippen LogP contribution in [-0.4, -0.2) is 31.4 Å². The highest BCUT2D eigenvalue weighted by molar-refractivity contribution is 8.13. The number of rotatable bonds is 1. The summed E-state index contributed by atoms with van der Waals surface area (Å²) in [6.07, 6.45) is 2.09. The van der Waals surface area contributed by atoms with Crippen LogP contribution in [0.25, 0.3) is 0 Å². The van der Waals surface area contributed by atoms with E-state index >= 15 is 0 Å². The minimum Gasteiger partial charge on any atom is -0.368 e. The van der Waals surface area contributed by atoms with Gasteiger partial charge in [0.25, 0.3) is 9.05 Å². The molecule has 0 aliphatic carbocycles. The summed E-state index contributed by atoms with van der Waals surface area (Å²) < 4.78 is 46.3. The zero-order valence-electron chi connectivity index (χ0n) is 7.28. The molecule has 0 bridgehead atoms. The summed E-state index contributed by atoms with van der Waals surface area (Å²) in [6.45, 7) is 0. The van der Waals surface area contributed by atoms with Gasteiger partial charge >= 0.3 is 9.33 Å². The van der Waals surface area contributed by atoms with Gasteiger partial charge in [0, 0.05) is 21.4 Å². The fourth-order valence-corrected chi connectivity index (χ4v) is 1.05. The zero-order chi connectivity index (χ0) is 13.0. The van der Waals surface area contributed by atoms with Crippen molar-refractivity contribution in [2.75, 3.05) is 5.73 Å². The highest BCUT2D eigenvalue weighted by Gasteiger charge is 2.09. The fraction of sp³-hybridized carbons (Fsp3) is 0. The Morgan fingerprint density at radius 2 is 1.44 bits per heavy atom. The van der Waals surface area contributed by atoms with Crippen molar-refractivity contribution in [2.45, 2.75) is 4.90 Å². The van der Waals surface area contributed by atoms with Gasteiger partial charge in [-0.05, 0) is 0 Å². The van der Waals surface area contributed by atoms with Crippen LogP contribution in [0.4, 0.5) is 5.95 Å². The van der Waals surface area contributed by atoms with Crippen molar-refractivity contribution in [3.63, 3.8) is 0 Å². The summed E-state index contributed by atoms with van der Waals surface area (Å²) in [4.78, 5) is 6.74. The van der Waals surface area contributed by atoms with Crippen molar-refractivity contribution in [2.24, 2.45) is 0 Å². The molecule has 0 spiro atoms. The van der Waals surface area contributed by atoms with Gasteiger partial charge in [-0.15, -0.1) is 0 Å². The molecule has 3 N–H and O–H groups in total. The number of nitrogen functional groups attached to an aromatic ring is 1. The summed E-state index contributed by atoms with van der Waals surface area (Å²) in [6, 6.07) is 0. The van der Waals surface area contributed by atoms with Crippen LogP contribution >= 0.6 is 21.4 Å². The SMILES string of the molecule is Nc1ncc(S(=O)(=O)Cl)cn1.O=S(=O)(O)Cl. The van der Waals surface area contributed by atoms with Crippen LogP contribution in [0.2, 0.25) is 0 Å². The maximum atomic E-state index is 10.6. The van der Waals surface area contributed by atoms with Crippen LogP contribution < -0.4 is 5.73 Å². The molecule has 0 aliphatic rings. The van der Waals surface area contributed by atoms with E-state index in [-0.39, 0.29) is 10.8 Å². The number of nitrogens with zero attached hydrogens (tertiary/aromatic N) is 2. The number of aromatic nitrogens is 2. The molecule has 12 heteroatoms. The smallest absolute Gasteiger partial charge is 0.353 e. The quantitative estimate of drug-likeness (QED) is 0.546. The van der Waals surface area contributed by atoms with Gasteiger partial charge in [0.2, 0.25) is 5.95 Å². The molecule has 16 heavy (non-hydrogen) atoms. The zero-order valence-corrected chi connectivity index (χ0v) is 10.4. The van der Waals surface area contributed by atoms with E-state index in [1.54, 1.807) is 0 Å². The summed E-state index contributed by atoms with van der Waals surface area (Å²) in [5.41, 5.74) is 5.11. The van der Waals surface area contributed by atoms with Gasteiger partial charge in [-0.3, -0.25) is 4.55 Å². The summed E-state index contributed by atoms with van der Waals surface area (Å²) >= 11 is 0. The Morgan fingerprint density at radius 1 is 1.12 bits per heavy atom. The number of halogens is 2. The predicted molar refractivity (Wildman–Crippen MR) is 56.9 cm³/mol. The van der Waals surface area contributed by atoms with E-state index in [1.807, 2.05) is 0 Å². The minimum absolute atomic E-state index is 0.00840. The molecule has 0 unspecified atom stereocenters. The third-order valence-corrected chi connectivity index (χ3v) is 2.24. The maximum absolute atomic E-state index is 10.6. The van der Waals surface area contributed by atoms with Crippen molar-refractivity contribution in [3.8, 4) is 0 Å². The average Bonchev–Trinajstić information content (AvgIpc) is 1.99. The van der Waals surface area contributed by atoms with Gasteiger partial charge < -0.3 is 5.73 Å². The average molecular weight is 310 g/mol. The molecule has 0 atom stereocenters. The molecule has 1 aromatic rings. The molecule has 0 aliphatic heterocycles. The third kappa shape index (κ3) is 8.61. The molecule has 0 amide bonds. The molecule has 92 valence electrons. The molecule has 0 saturated heterocycles. The molecule has 1 rings (SSSR count). The lowest BCUT2D eigenvalue weighted by Crippen LogP contribution is -1.97. The molecule has 8 nitrogen and oxygen atoms in total. The largest absolute Gasteiger partial charge is 0.368 e. The second kappa shape index (κ2) is 5.59. The highest BCUT2D eigenvalue weighted by atomic mass is 35.7. The monoisotopic (exact) mass is 309 g/mol. The van der Waals surface area contributed by atoms with Crippen molar-refractivity contribution in [1.29, 1.82) is 0 Å². The Labute approximate surface area is 100 Å². The standard InChI is InChI=1S/C4H4ClN3O2S.ClHO3S/c5-11(9,10)3-1-7-4(6)8-2-3;1-5(2,3)4/h1-2H,(H2,6,7,8);(H,2,3,4). The summed E-state index contributed by atoms with van der Waals surface area (Å²) in [5.74, 6) is 0.00840. The van der Waals surface area contributed by atoms with Crippen molar-refractivity contribution < 1.29 is 21.4 Å². The molecule has 0 radical (unpaired) electrons. The highest BCUT2D eigenvalue weighted by Crippen LogP contribution is 2.11. The van der Waals surface area contributed by atoms with Gasteiger partial charge in [-0.25, -0.2) is 18.4 Å². The molecular formula is C4H5Cl2N3O5S2. The van der Waals surface area contributed by atoms with Gasteiger partial charge in [-0.1, -0.05) is 0 Å². The molecule has 0 aromatic carbocycles. The van der Waals surface area contributed by atoms with E-state index in [0.29, 0.717) is 0 Å². The van der Waals surface area contributed by atoms with E-state index in [1.165, 1.54) is 0 Å². The second-order valence-electron chi connectivity index (χ2n) is 2.13. The predicted octanol–water partition coefficient (Wildman–Crippen LogP) is 0.0143. The van der Waals surface area contributed by atoms with E-state index in [4.69, 9.17) is 29.4 Å². The first-order valence-corrected chi connectivity index (χ1v) is 7.77. The Bertz CT molecular complexity index is 532. The first kappa shape index (κ1) is 15.3. The first-order valence-electron chi connectivity index (χ1n) is 3.19. The van der Waals surface area contributed by atoms with E-state index in [2.05, 4.69) is 20.7 Å². The number of nitrogens with two attached hydrogens (primary N) is 1. The van der Waals surface area contributed by atoms with Gasteiger partial charge in [0.1, 0.15) is 4.90 Å². The molecule has 0 fully saturated rings. The molecule has 1 aromatic heterocycles. The Morgan fingerprint density at radius 3 is 1.69 bits per heavy atom. The minimum atomic E-state index is -4.19. The fourth-order valence-electron chi connectivity index (χ4n) is 0.452. The Balaban J connectivity index is 0.000000385. The van der Waals surface area contributed by atoms with Crippen LogP contribution in [0.15, 0.2) is 17.3 Å². The van der Waals surface area contributed by atoms with Crippen LogP contribution in [-0.2, 0) is 18.4 Å². The van der Waals surface area contributed by atoms with Crippen molar-refractivity contribution >= 4 is 45.7 Å². The van der Waals surface area contributed by atoms with E-state index < -0.39 is 18.4 Å². The third-order valence-electron chi connectivity index (χ3n) is 0.930. The van der Waals surface area contributed by atoms with Crippen LogP contribution in [0.1, 0.15) is 0 Å². The second-order valence-corrected chi connectivity index (χ2v) is 6.69. The lowest BCUT2D eigenvalue weighted by molar-refractivity contribution is 0.501. The lowest BCUT2D eigenvalue weighted by Gasteiger charge is -1.93. The van der Waals surface area contributed by atoms with Crippen LogP contribution in [0.3, 0.4) is 0 Å². The number of hydrogen-bond donors (Lipinski definition) is 2. The first-order chi connectivity index (χ1) is 7.00. The maximum Gasteiger partial charge on any atom is 0.353 e. The summed E-state index contributed by atoms with van der Waals surface area (Å²) in [7, 11) is 1.10. The lowest BCUT2D eigenvalue weighted by atomic mass is 10.7. The van der Waals surface area contributed by atoms with Crippen LogP contribution in [0, 0.1) is 0 Å². The normalized spacial score (nSPS) is 11.4. The van der Waals surface area contributed by atoms with E-state index in [0.717, 1.165) is 12.4 Å². The molecular weight excluding hydrogens is 305 g/mol. The molecule has 0 saturated carbocycles. The van der Waals surface area contributed by atoms with E-state index in [9.17, 15) is 8.42 Å². The summed E-state index contributed by atoms with van der Waals surface area (Å²) in [5, 5.41) is 0. The Hall–Kier alpha value is -0.680. The number of anilines is 1. The van der Waals surface area contributed by atoms with Crippen LogP contribution in [0.5, 0.6) is 0 Å². The van der Waals surface area contributed by atoms with Gasteiger partial charge in [0.05, 0.1) is 12.4 Å². The van der Waals surface area contributed by atoms with Crippen molar-refractivity contribution in [3.05, 3.63) is 12.4 Å². The molecule has 1 heterocycles.